The van der Waals surface area contributed by atoms with Gasteiger partial charge >= 0.3 is 0 Å². The first kappa shape index (κ1) is 10.5. The molecule has 0 aliphatic carbocycles. The Hall–Kier alpha value is -1.55. The highest BCUT2D eigenvalue weighted by Crippen LogP contribution is 1.98. The molecule has 0 aliphatic heterocycles. The fraction of sp³-hybridized carbons (Fsp3) is 0.308. The molecule has 1 rings (SSSR count). The van der Waals surface area contributed by atoms with Crippen LogP contribution in [0.15, 0.2) is 30.3 Å². The lowest BCUT2D eigenvalue weighted by Gasteiger charge is -1.91. The van der Waals surface area contributed by atoms with Crippen molar-refractivity contribution in [3.05, 3.63) is 35.9 Å². The molecule has 0 aromatic heterocycles. The van der Waals surface area contributed by atoms with Crippen LogP contribution in [0.4, 0.5) is 0 Å². The third-order valence-electron chi connectivity index (χ3n) is 1.88. The Bertz CT molecular complexity index is 316. The van der Waals surface area contributed by atoms with Gasteiger partial charge in [-0.1, -0.05) is 36.3 Å². The lowest BCUT2D eigenvalue weighted by atomic mass is 10.1. The molecular weight excluding hydrogens is 172 g/mol. The number of benzene rings is 1. The van der Waals surface area contributed by atoms with E-state index in [4.69, 9.17) is 0 Å². The molecule has 0 spiro atoms. The molecule has 14 heavy (non-hydrogen) atoms. The molecule has 0 radical (unpaired) electrons. The summed E-state index contributed by atoms with van der Waals surface area (Å²) in [4.78, 5) is 10.0. The first-order chi connectivity index (χ1) is 6.93. The SMILES string of the molecule is O=CCCCC#CCc1ccccc1. The number of hydrogen-bond acceptors (Lipinski definition) is 1. The molecule has 72 valence electrons. The Labute approximate surface area is 85.1 Å². The molecule has 1 nitrogen and oxygen atoms in total. The molecular formula is C13H14O. The van der Waals surface area contributed by atoms with Crippen molar-refractivity contribution in [3.8, 4) is 11.8 Å². The molecule has 0 saturated carbocycles. The van der Waals surface area contributed by atoms with Gasteiger partial charge in [0.15, 0.2) is 0 Å². The molecule has 0 heterocycles. The Morgan fingerprint density at radius 3 is 2.64 bits per heavy atom. The fourth-order valence-corrected chi connectivity index (χ4v) is 1.12. The van der Waals surface area contributed by atoms with Crippen LogP contribution < -0.4 is 0 Å². The van der Waals surface area contributed by atoms with Gasteiger partial charge in [0.25, 0.3) is 0 Å². The highest BCUT2D eigenvalue weighted by molar-refractivity contribution is 5.49. The summed E-state index contributed by atoms with van der Waals surface area (Å²) in [7, 11) is 0. The van der Waals surface area contributed by atoms with Crippen molar-refractivity contribution >= 4 is 6.29 Å². The highest BCUT2D eigenvalue weighted by Gasteiger charge is 1.85. The van der Waals surface area contributed by atoms with E-state index in [1.54, 1.807) is 0 Å². The molecule has 0 amide bonds. The average Bonchev–Trinajstić information content (AvgIpc) is 2.25. The molecule has 0 saturated heterocycles. The van der Waals surface area contributed by atoms with E-state index in [9.17, 15) is 4.79 Å². The maximum Gasteiger partial charge on any atom is 0.120 e. The minimum Gasteiger partial charge on any atom is -0.303 e. The lowest BCUT2D eigenvalue weighted by molar-refractivity contribution is -0.107. The van der Waals surface area contributed by atoms with Crippen LogP contribution in [0.2, 0.25) is 0 Å². The molecule has 1 aromatic carbocycles. The standard InChI is InChI=1S/C13H14O/c14-12-8-3-1-2-5-9-13-10-6-4-7-11-13/h4,6-7,10-12H,1,3,8-9H2. The van der Waals surface area contributed by atoms with Crippen molar-refractivity contribution in [3.63, 3.8) is 0 Å². The molecule has 0 bridgehead atoms. The largest absolute Gasteiger partial charge is 0.303 e. The minimum absolute atomic E-state index is 0.625. The number of carbonyl (C=O) groups is 1. The topological polar surface area (TPSA) is 17.1 Å². The van der Waals surface area contributed by atoms with Crippen LogP contribution in [0, 0.1) is 11.8 Å². The maximum absolute atomic E-state index is 10.0. The lowest BCUT2D eigenvalue weighted by Crippen LogP contribution is -1.79. The summed E-state index contributed by atoms with van der Waals surface area (Å²) in [6.07, 6.45) is 4.08. The van der Waals surface area contributed by atoms with Gasteiger partial charge in [-0.3, -0.25) is 0 Å². The molecule has 0 aliphatic rings. The summed E-state index contributed by atoms with van der Waals surface area (Å²) in [6.45, 7) is 0. The van der Waals surface area contributed by atoms with Crippen LogP contribution in [0.1, 0.15) is 24.8 Å². The molecule has 1 heteroatoms. The molecule has 0 fully saturated rings. The summed E-state index contributed by atoms with van der Waals surface area (Å²) >= 11 is 0. The maximum atomic E-state index is 10.0. The number of carbonyl (C=O) groups excluding carboxylic acids is 1. The van der Waals surface area contributed by atoms with E-state index in [2.05, 4.69) is 24.0 Å². The Kier molecular flexibility index (Phi) is 5.20. The second-order valence-corrected chi connectivity index (χ2v) is 3.07. The third-order valence-corrected chi connectivity index (χ3v) is 1.88. The van der Waals surface area contributed by atoms with Gasteiger partial charge in [0.05, 0.1) is 0 Å². The zero-order valence-electron chi connectivity index (χ0n) is 8.20. The van der Waals surface area contributed by atoms with Crippen LogP contribution in [0.3, 0.4) is 0 Å². The zero-order chi connectivity index (χ0) is 10.1. The molecule has 1 aromatic rings. The second kappa shape index (κ2) is 6.91. The van der Waals surface area contributed by atoms with Crippen molar-refractivity contribution in [2.75, 3.05) is 0 Å². The van der Waals surface area contributed by atoms with Gasteiger partial charge in [-0.15, -0.1) is 5.92 Å². The van der Waals surface area contributed by atoms with Crippen molar-refractivity contribution in [1.82, 2.24) is 0 Å². The second-order valence-electron chi connectivity index (χ2n) is 3.07. The van der Waals surface area contributed by atoms with Gasteiger partial charge in [0, 0.05) is 19.3 Å². The minimum atomic E-state index is 0.625. The van der Waals surface area contributed by atoms with Crippen LogP contribution >= 0.6 is 0 Å². The van der Waals surface area contributed by atoms with Gasteiger partial charge in [-0.05, 0) is 12.0 Å². The molecule has 0 unspecified atom stereocenters. The Morgan fingerprint density at radius 2 is 1.93 bits per heavy atom. The predicted molar refractivity (Wildman–Crippen MR) is 57.8 cm³/mol. The van der Waals surface area contributed by atoms with Crippen molar-refractivity contribution in [2.45, 2.75) is 25.7 Å². The molecule has 0 atom stereocenters. The summed E-state index contributed by atoms with van der Waals surface area (Å²) in [5.74, 6) is 6.15. The van der Waals surface area contributed by atoms with Gasteiger partial charge in [-0.25, -0.2) is 0 Å². The van der Waals surface area contributed by atoms with Gasteiger partial charge in [-0.2, -0.15) is 0 Å². The number of unbranched alkanes of at least 4 members (excludes halogenated alkanes) is 2. The first-order valence-electron chi connectivity index (χ1n) is 4.87. The van der Waals surface area contributed by atoms with E-state index >= 15 is 0 Å². The summed E-state index contributed by atoms with van der Waals surface area (Å²) in [6, 6.07) is 10.2. The van der Waals surface area contributed by atoms with Crippen LogP contribution in [0.25, 0.3) is 0 Å². The normalized spacial score (nSPS) is 8.86. The van der Waals surface area contributed by atoms with Crippen molar-refractivity contribution < 1.29 is 4.79 Å². The predicted octanol–water partition coefficient (Wildman–Crippen LogP) is 2.60. The van der Waals surface area contributed by atoms with Gasteiger partial charge < -0.3 is 4.79 Å². The summed E-state index contributed by atoms with van der Waals surface area (Å²) < 4.78 is 0. The highest BCUT2D eigenvalue weighted by atomic mass is 16.1. The van der Waals surface area contributed by atoms with E-state index in [1.165, 1.54) is 5.56 Å². The van der Waals surface area contributed by atoms with Crippen molar-refractivity contribution in [1.29, 1.82) is 0 Å². The summed E-state index contributed by atoms with van der Waals surface area (Å²) in [5, 5.41) is 0. The monoisotopic (exact) mass is 186 g/mol. The van der Waals surface area contributed by atoms with Crippen LogP contribution in [0.5, 0.6) is 0 Å². The van der Waals surface area contributed by atoms with Crippen LogP contribution in [-0.4, -0.2) is 6.29 Å². The van der Waals surface area contributed by atoms with E-state index in [-0.39, 0.29) is 0 Å². The number of hydrogen-bond donors (Lipinski definition) is 0. The first-order valence-corrected chi connectivity index (χ1v) is 4.87. The van der Waals surface area contributed by atoms with Crippen molar-refractivity contribution in [2.24, 2.45) is 0 Å². The summed E-state index contributed by atoms with van der Waals surface area (Å²) in [5.41, 5.74) is 1.25. The van der Waals surface area contributed by atoms with Crippen LogP contribution in [-0.2, 0) is 11.2 Å². The quantitative estimate of drug-likeness (QED) is 0.401. The Morgan fingerprint density at radius 1 is 1.14 bits per heavy atom. The third kappa shape index (κ3) is 4.47. The average molecular weight is 186 g/mol. The van der Waals surface area contributed by atoms with Gasteiger partial charge in [0.2, 0.25) is 0 Å². The fourth-order valence-electron chi connectivity index (χ4n) is 1.12. The van der Waals surface area contributed by atoms with E-state index in [0.29, 0.717) is 6.42 Å². The zero-order valence-corrected chi connectivity index (χ0v) is 8.20. The van der Waals surface area contributed by atoms with E-state index in [0.717, 1.165) is 25.5 Å². The number of aldehydes is 1. The van der Waals surface area contributed by atoms with E-state index < -0.39 is 0 Å². The van der Waals surface area contributed by atoms with Gasteiger partial charge in [0.1, 0.15) is 6.29 Å². The Balaban J connectivity index is 2.23. The smallest absolute Gasteiger partial charge is 0.120 e. The van der Waals surface area contributed by atoms with E-state index in [1.807, 2.05) is 18.2 Å². The number of rotatable bonds is 4. The molecule has 0 N–H and O–H groups in total.